The van der Waals surface area contributed by atoms with E-state index < -0.39 is 11.4 Å². The predicted octanol–water partition coefficient (Wildman–Crippen LogP) is 6.32. The number of ether oxygens (including phenoxy) is 1. The molecule has 0 radical (unpaired) electrons. The summed E-state index contributed by atoms with van der Waals surface area (Å²) >= 11 is 0. The summed E-state index contributed by atoms with van der Waals surface area (Å²) in [6, 6.07) is 19.4. The van der Waals surface area contributed by atoms with Gasteiger partial charge in [0.05, 0.1) is 19.2 Å². The van der Waals surface area contributed by atoms with Crippen LogP contribution < -0.4 is 4.90 Å². The van der Waals surface area contributed by atoms with E-state index in [1.54, 1.807) is 0 Å². The lowest BCUT2D eigenvalue weighted by atomic mass is 9.66. The number of rotatable bonds is 11. The summed E-state index contributed by atoms with van der Waals surface area (Å²) in [6.45, 7) is 5.40. The van der Waals surface area contributed by atoms with E-state index in [1.165, 1.54) is 16.3 Å². The quantitative estimate of drug-likeness (QED) is 0.0504. The molecule has 0 saturated heterocycles. The zero-order valence-corrected chi connectivity index (χ0v) is 27.1. The molecule has 0 aromatic heterocycles. The van der Waals surface area contributed by atoms with E-state index in [-0.39, 0.29) is 18.9 Å². The first kappa shape index (κ1) is 31.8. The fourth-order valence-corrected chi connectivity index (χ4v) is 7.82. The molecule has 0 saturated carbocycles. The molecule has 0 bridgehead atoms. The van der Waals surface area contributed by atoms with Crippen LogP contribution >= 0.6 is 0 Å². The first-order valence-electron chi connectivity index (χ1n) is 16.4. The molecule has 8 nitrogen and oxygen atoms in total. The number of carbonyl (C=O) groups is 2. The van der Waals surface area contributed by atoms with Gasteiger partial charge in [-0.2, -0.15) is 5.26 Å². The van der Waals surface area contributed by atoms with E-state index in [4.69, 9.17) is 4.74 Å². The topological polar surface area (TPSA) is 96.9 Å². The zero-order valence-electron chi connectivity index (χ0n) is 27.1. The molecule has 2 aliphatic heterocycles. The van der Waals surface area contributed by atoms with Crippen LogP contribution in [0, 0.1) is 17.2 Å². The summed E-state index contributed by atoms with van der Waals surface area (Å²) in [5.41, 5.74) is 3.51. The Hall–Kier alpha value is -5.16. The third-order valence-corrected chi connectivity index (χ3v) is 9.97. The van der Waals surface area contributed by atoms with Crippen molar-refractivity contribution in [1.29, 1.82) is 5.26 Å². The lowest BCUT2D eigenvalue weighted by Gasteiger charge is -2.38. The number of benzene rings is 3. The molecular weight excluding hydrogens is 588 g/mol. The maximum Gasteiger partial charge on any atom is 0.305 e. The maximum atomic E-state index is 12.0. The van der Waals surface area contributed by atoms with Gasteiger partial charge < -0.3 is 14.7 Å². The molecule has 2 heterocycles. The Morgan fingerprint density at radius 3 is 2.51 bits per heavy atom. The zero-order chi connectivity index (χ0) is 33.0. The van der Waals surface area contributed by atoms with Crippen LogP contribution in [0.15, 0.2) is 96.3 Å². The summed E-state index contributed by atoms with van der Waals surface area (Å²) in [5, 5.41) is 24.7. The van der Waals surface area contributed by atoms with Crippen LogP contribution in [0.5, 0.6) is 0 Å². The standard InChI is InChI=1S/C39H40N4O4/c1-39(29-13-4-3-5-14-29)34(19-11-6-12-28(26-40)38-41(2)22-23-42(38)24-25-47-27-44)43(21-20-35(45)46)37-33-18-10-8-16-31(33)30-15-7-9-17-32(30)36(37)39/h4,6-13,15-19,27,29H,3,5,14,20-25H2,1-2H3/p+1. The second-order valence-corrected chi connectivity index (χ2v) is 12.6. The molecular formula is C39H41N4O4+. The molecule has 8 heteroatoms. The minimum absolute atomic E-state index is 0.00498. The number of allylic oxidation sites excluding steroid dienone is 7. The lowest BCUT2D eigenvalue weighted by Crippen LogP contribution is -2.36. The van der Waals surface area contributed by atoms with Gasteiger partial charge in [0, 0.05) is 23.0 Å². The van der Waals surface area contributed by atoms with Gasteiger partial charge in [-0.25, -0.2) is 0 Å². The fourth-order valence-electron chi connectivity index (χ4n) is 7.82. The van der Waals surface area contributed by atoms with Crippen LogP contribution in [0.2, 0.25) is 0 Å². The Bertz CT molecular complexity index is 1910. The fraction of sp³-hybridized carbons (Fsp3) is 0.333. The number of amidine groups is 1. The molecule has 1 aliphatic carbocycles. The van der Waals surface area contributed by atoms with Crippen LogP contribution in [-0.2, 0) is 19.7 Å². The third kappa shape index (κ3) is 5.83. The number of hydrogen-bond acceptors (Lipinski definition) is 6. The molecule has 0 amide bonds. The molecule has 3 aliphatic rings. The third-order valence-electron chi connectivity index (χ3n) is 9.97. The lowest BCUT2D eigenvalue weighted by molar-refractivity contribution is -0.486. The molecule has 240 valence electrons. The predicted molar refractivity (Wildman–Crippen MR) is 185 cm³/mol. The molecule has 0 fully saturated rings. The smallest absolute Gasteiger partial charge is 0.305 e. The number of fused-ring (bicyclic) bond motifs is 6. The Labute approximate surface area is 275 Å². The van der Waals surface area contributed by atoms with Gasteiger partial charge in [0.2, 0.25) is 0 Å². The van der Waals surface area contributed by atoms with E-state index in [1.807, 2.05) is 29.9 Å². The monoisotopic (exact) mass is 629 g/mol. The number of carboxylic acids is 1. The summed E-state index contributed by atoms with van der Waals surface area (Å²) in [5.74, 6) is 0.204. The molecule has 1 N–H and O–H groups in total. The van der Waals surface area contributed by atoms with Crippen molar-refractivity contribution in [3.63, 3.8) is 0 Å². The minimum atomic E-state index is -0.833. The van der Waals surface area contributed by atoms with Gasteiger partial charge in [0.1, 0.15) is 37.9 Å². The van der Waals surface area contributed by atoms with Gasteiger partial charge in [-0.05, 0) is 66.0 Å². The Morgan fingerprint density at radius 2 is 1.83 bits per heavy atom. The summed E-state index contributed by atoms with van der Waals surface area (Å²) in [7, 11) is 1.96. The average Bonchev–Trinajstić information content (AvgIpc) is 3.58. The van der Waals surface area contributed by atoms with Crippen LogP contribution in [-0.4, -0.2) is 72.7 Å². The molecule has 2 unspecified atom stereocenters. The summed E-state index contributed by atoms with van der Waals surface area (Å²) in [6.07, 6.45) is 15.7. The normalized spacial score (nSPS) is 22.1. The van der Waals surface area contributed by atoms with Gasteiger partial charge in [-0.3, -0.25) is 19.1 Å². The van der Waals surface area contributed by atoms with Crippen molar-refractivity contribution in [2.24, 2.45) is 5.92 Å². The highest BCUT2D eigenvalue weighted by molar-refractivity contribution is 6.17. The number of nitrogens with zero attached hydrogens (tertiary/aromatic N) is 4. The van der Waals surface area contributed by atoms with Crippen molar-refractivity contribution in [2.75, 3.05) is 44.7 Å². The minimum Gasteiger partial charge on any atom is -0.481 e. The van der Waals surface area contributed by atoms with Crippen molar-refractivity contribution in [1.82, 2.24) is 4.90 Å². The van der Waals surface area contributed by atoms with E-state index in [2.05, 4.69) is 89.6 Å². The van der Waals surface area contributed by atoms with Gasteiger partial charge in [-0.15, -0.1) is 0 Å². The molecule has 2 atom stereocenters. The number of hydrogen-bond donors (Lipinski definition) is 1. The first-order chi connectivity index (χ1) is 22.9. The van der Waals surface area contributed by atoms with Crippen LogP contribution in [0.25, 0.3) is 21.5 Å². The van der Waals surface area contributed by atoms with Gasteiger partial charge in [0.15, 0.2) is 0 Å². The Kier molecular flexibility index (Phi) is 9.26. The van der Waals surface area contributed by atoms with Crippen LogP contribution in [0.1, 0.15) is 38.2 Å². The molecule has 3 aromatic carbocycles. The summed E-state index contributed by atoms with van der Waals surface area (Å²) < 4.78 is 6.97. The SMILES string of the molecule is C[N+]1=C(/C(C#N)=C/C=C/C=C2\N(CCC(=O)O)c3c(c4ccccc4c4ccccc34)C2(C)C2C=CCCC2)N(CCOC=O)CC1. The van der Waals surface area contributed by atoms with E-state index >= 15 is 0 Å². The van der Waals surface area contributed by atoms with E-state index in [9.17, 15) is 20.0 Å². The highest BCUT2D eigenvalue weighted by atomic mass is 16.5. The molecule has 47 heavy (non-hydrogen) atoms. The van der Waals surface area contributed by atoms with Gasteiger partial charge >= 0.3 is 5.97 Å². The Balaban J connectivity index is 1.50. The number of anilines is 1. The van der Waals surface area contributed by atoms with E-state index in [0.29, 0.717) is 25.1 Å². The van der Waals surface area contributed by atoms with Crippen molar-refractivity contribution >= 4 is 45.5 Å². The molecule has 0 spiro atoms. The summed E-state index contributed by atoms with van der Waals surface area (Å²) in [4.78, 5) is 27.0. The highest BCUT2D eigenvalue weighted by Crippen LogP contribution is 2.58. The first-order valence-corrected chi connectivity index (χ1v) is 16.4. The van der Waals surface area contributed by atoms with Crippen molar-refractivity contribution in [3.05, 3.63) is 102 Å². The number of aliphatic carboxylic acids is 1. The average molecular weight is 630 g/mol. The van der Waals surface area contributed by atoms with Crippen molar-refractivity contribution in [3.8, 4) is 6.07 Å². The van der Waals surface area contributed by atoms with Crippen LogP contribution in [0.3, 0.4) is 0 Å². The largest absolute Gasteiger partial charge is 0.481 e. The second-order valence-electron chi connectivity index (χ2n) is 12.6. The number of carboxylic acid groups (broad SMARTS) is 1. The van der Waals surface area contributed by atoms with Crippen molar-refractivity contribution < 1.29 is 24.0 Å². The maximum absolute atomic E-state index is 12.0. The van der Waals surface area contributed by atoms with Gasteiger partial charge in [-0.1, -0.05) is 72.8 Å². The second kappa shape index (κ2) is 13.7. The number of likely N-dealkylation sites (N-methyl/N-ethyl adjacent to an activating group) is 1. The Morgan fingerprint density at radius 1 is 1.11 bits per heavy atom. The van der Waals surface area contributed by atoms with Crippen molar-refractivity contribution in [2.45, 2.75) is 38.0 Å². The number of nitriles is 1. The molecule has 3 aromatic rings. The molecule has 6 rings (SSSR count). The van der Waals surface area contributed by atoms with Gasteiger partial charge in [0.25, 0.3) is 12.3 Å². The highest BCUT2D eigenvalue weighted by Gasteiger charge is 2.49. The number of carbonyl (C=O) groups excluding carboxylic acids is 1. The van der Waals surface area contributed by atoms with E-state index in [0.717, 1.165) is 60.3 Å². The van der Waals surface area contributed by atoms with Crippen LogP contribution in [0.4, 0.5) is 5.69 Å².